The molecule has 2 aromatic rings. The quantitative estimate of drug-likeness (QED) is 0.883. The Hall–Kier alpha value is -2.10. The minimum absolute atomic E-state index is 0.0269. The molecule has 116 valence electrons. The highest BCUT2D eigenvalue weighted by atomic mass is 16.2. The molecule has 0 atom stereocenters. The average Bonchev–Trinajstić information content (AvgIpc) is 2.71. The molecule has 1 aliphatic rings. The molecule has 1 heterocycles. The van der Waals surface area contributed by atoms with Crippen molar-refractivity contribution in [2.45, 2.75) is 52.5 Å². The Kier molecular flexibility index (Phi) is 4.27. The van der Waals surface area contributed by atoms with E-state index >= 15 is 0 Å². The topological polar surface area (TPSA) is 46.9 Å². The lowest BCUT2D eigenvalue weighted by Crippen LogP contribution is -2.19. The smallest absolute Gasteiger partial charge is 0.246 e. The van der Waals surface area contributed by atoms with Crippen molar-refractivity contribution in [1.29, 1.82) is 0 Å². The van der Waals surface area contributed by atoms with Gasteiger partial charge < -0.3 is 5.32 Å². The van der Waals surface area contributed by atoms with Crippen LogP contribution in [0.2, 0.25) is 0 Å². The van der Waals surface area contributed by atoms with Crippen molar-refractivity contribution in [2.75, 3.05) is 5.32 Å². The molecular weight excluding hydrogens is 274 g/mol. The lowest BCUT2D eigenvalue weighted by Gasteiger charge is -2.08. The number of nitrogens with one attached hydrogen (secondary N) is 1. The second-order valence-corrected chi connectivity index (χ2v) is 6.21. The predicted molar refractivity (Wildman–Crippen MR) is 88.0 cm³/mol. The zero-order valence-corrected chi connectivity index (χ0v) is 13.4. The molecule has 0 saturated heterocycles. The first-order valence-electron chi connectivity index (χ1n) is 8.04. The van der Waals surface area contributed by atoms with Gasteiger partial charge in [0.1, 0.15) is 6.54 Å². The summed E-state index contributed by atoms with van der Waals surface area (Å²) < 4.78 is 1.78. The van der Waals surface area contributed by atoms with Crippen LogP contribution in [-0.4, -0.2) is 15.7 Å². The highest BCUT2D eigenvalue weighted by Gasteiger charge is 2.13. The molecule has 0 saturated carbocycles. The van der Waals surface area contributed by atoms with Gasteiger partial charge in [0, 0.05) is 11.9 Å². The summed E-state index contributed by atoms with van der Waals surface area (Å²) in [4.78, 5) is 12.2. The van der Waals surface area contributed by atoms with Crippen molar-refractivity contribution in [1.82, 2.24) is 9.78 Å². The summed E-state index contributed by atoms with van der Waals surface area (Å²) >= 11 is 0. The number of rotatable bonds is 3. The minimum atomic E-state index is -0.0269. The fourth-order valence-corrected chi connectivity index (χ4v) is 2.95. The SMILES string of the molecule is Cc1ccc(NC(=O)Cn2cc3c(n2)CCCCC3)cc1C. The number of aromatic nitrogens is 2. The van der Waals surface area contributed by atoms with E-state index in [1.165, 1.54) is 41.6 Å². The van der Waals surface area contributed by atoms with E-state index in [0.717, 1.165) is 18.5 Å². The molecule has 4 nitrogen and oxygen atoms in total. The summed E-state index contributed by atoms with van der Waals surface area (Å²) in [5.41, 5.74) is 5.76. The summed E-state index contributed by atoms with van der Waals surface area (Å²) in [5.74, 6) is -0.0269. The molecule has 0 spiro atoms. The predicted octanol–water partition coefficient (Wildman–Crippen LogP) is 3.41. The van der Waals surface area contributed by atoms with Gasteiger partial charge in [0.05, 0.1) is 5.69 Å². The molecule has 0 aliphatic heterocycles. The average molecular weight is 297 g/mol. The van der Waals surface area contributed by atoms with Crippen molar-refractivity contribution in [3.05, 3.63) is 46.8 Å². The third-order valence-electron chi connectivity index (χ3n) is 4.38. The number of carbonyl (C=O) groups is 1. The van der Waals surface area contributed by atoms with Gasteiger partial charge in [-0.1, -0.05) is 12.5 Å². The van der Waals surface area contributed by atoms with E-state index < -0.39 is 0 Å². The first-order valence-corrected chi connectivity index (χ1v) is 8.04. The van der Waals surface area contributed by atoms with Crippen LogP contribution in [-0.2, 0) is 24.2 Å². The van der Waals surface area contributed by atoms with Crippen LogP contribution in [0.4, 0.5) is 5.69 Å². The Balaban J connectivity index is 1.65. The number of hydrogen-bond donors (Lipinski definition) is 1. The summed E-state index contributed by atoms with van der Waals surface area (Å²) in [6, 6.07) is 5.98. The first-order chi connectivity index (χ1) is 10.6. The molecule has 1 N–H and O–H groups in total. The number of fused-ring (bicyclic) bond motifs is 1. The number of amides is 1. The molecule has 1 aromatic heterocycles. The number of carbonyl (C=O) groups excluding carboxylic acids is 1. The highest BCUT2D eigenvalue weighted by Crippen LogP contribution is 2.19. The van der Waals surface area contributed by atoms with Crippen LogP contribution in [0.3, 0.4) is 0 Å². The third kappa shape index (κ3) is 3.38. The number of aryl methyl sites for hydroxylation is 4. The van der Waals surface area contributed by atoms with Gasteiger partial charge in [0.25, 0.3) is 0 Å². The number of benzene rings is 1. The largest absolute Gasteiger partial charge is 0.324 e. The Morgan fingerprint density at radius 2 is 2.00 bits per heavy atom. The molecule has 4 heteroatoms. The van der Waals surface area contributed by atoms with E-state index in [9.17, 15) is 4.79 Å². The van der Waals surface area contributed by atoms with Gasteiger partial charge in [-0.15, -0.1) is 0 Å². The van der Waals surface area contributed by atoms with Gasteiger partial charge in [-0.3, -0.25) is 9.48 Å². The van der Waals surface area contributed by atoms with Gasteiger partial charge in [0.15, 0.2) is 0 Å². The van der Waals surface area contributed by atoms with E-state index in [2.05, 4.69) is 24.3 Å². The molecule has 1 amide bonds. The van der Waals surface area contributed by atoms with Crippen LogP contribution in [0, 0.1) is 13.8 Å². The van der Waals surface area contributed by atoms with Crippen molar-refractivity contribution < 1.29 is 4.79 Å². The molecule has 22 heavy (non-hydrogen) atoms. The summed E-state index contributed by atoms with van der Waals surface area (Å²) in [7, 11) is 0. The van der Waals surface area contributed by atoms with Crippen LogP contribution < -0.4 is 5.32 Å². The lowest BCUT2D eigenvalue weighted by atomic mass is 10.1. The number of anilines is 1. The minimum Gasteiger partial charge on any atom is -0.324 e. The zero-order valence-electron chi connectivity index (χ0n) is 13.4. The standard InChI is InChI=1S/C18H23N3O/c1-13-8-9-16(10-14(13)2)19-18(22)12-21-11-15-6-4-3-5-7-17(15)20-21/h8-11H,3-7,12H2,1-2H3,(H,19,22). The Morgan fingerprint density at radius 1 is 1.18 bits per heavy atom. The van der Waals surface area contributed by atoms with Crippen molar-refractivity contribution >= 4 is 11.6 Å². The lowest BCUT2D eigenvalue weighted by molar-refractivity contribution is -0.116. The molecule has 1 aliphatic carbocycles. The molecule has 1 aromatic carbocycles. The van der Waals surface area contributed by atoms with Gasteiger partial charge in [0.2, 0.25) is 5.91 Å². The fourth-order valence-electron chi connectivity index (χ4n) is 2.95. The number of nitrogens with zero attached hydrogens (tertiary/aromatic N) is 2. The first kappa shape index (κ1) is 14.8. The van der Waals surface area contributed by atoms with E-state index in [0.29, 0.717) is 0 Å². The zero-order chi connectivity index (χ0) is 15.5. The van der Waals surface area contributed by atoms with Crippen LogP contribution in [0.1, 0.15) is 41.6 Å². The van der Waals surface area contributed by atoms with Crippen LogP contribution in [0.15, 0.2) is 24.4 Å². The summed E-state index contributed by atoms with van der Waals surface area (Å²) in [6.07, 6.45) is 7.89. The summed E-state index contributed by atoms with van der Waals surface area (Å²) in [6.45, 7) is 4.40. The third-order valence-corrected chi connectivity index (χ3v) is 4.38. The molecular formula is C18H23N3O. The van der Waals surface area contributed by atoms with Gasteiger partial charge in [-0.05, 0) is 68.4 Å². The van der Waals surface area contributed by atoms with Crippen molar-refractivity contribution in [3.63, 3.8) is 0 Å². The van der Waals surface area contributed by atoms with Crippen LogP contribution in [0.25, 0.3) is 0 Å². The molecule has 3 rings (SSSR count). The normalized spacial score (nSPS) is 14.3. The van der Waals surface area contributed by atoms with Gasteiger partial charge in [-0.25, -0.2) is 0 Å². The van der Waals surface area contributed by atoms with Crippen LogP contribution in [0.5, 0.6) is 0 Å². The maximum Gasteiger partial charge on any atom is 0.246 e. The van der Waals surface area contributed by atoms with Gasteiger partial charge in [-0.2, -0.15) is 5.10 Å². The fraction of sp³-hybridized carbons (Fsp3) is 0.444. The molecule has 0 unspecified atom stereocenters. The van der Waals surface area contributed by atoms with E-state index in [1.807, 2.05) is 24.4 Å². The van der Waals surface area contributed by atoms with E-state index in [4.69, 9.17) is 0 Å². The Morgan fingerprint density at radius 3 is 2.82 bits per heavy atom. The maximum absolute atomic E-state index is 12.2. The Bertz CT molecular complexity index is 664. The number of hydrogen-bond acceptors (Lipinski definition) is 2. The van der Waals surface area contributed by atoms with Crippen LogP contribution >= 0.6 is 0 Å². The second-order valence-electron chi connectivity index (χ2n) is 6.21. The van der Waals surface area contributed by atoms with Gasteiger partial charge >= 0.3 is 0 Å². The second kappa shape index (κ2) is 6.34. The van der Waals surface area contributed by atoms with Crippen molar-refractivity contribution in [3.8, 4) is 0 Å². The summed E-state index contributed by atoms with van der Waals surface area (Å²) in [5, 5.41) is 7.53. The maximum atomic E-state index is 12.2. The van der Waals surface area contributed by atoms with E-state index in [1.54, 1.807) is 4.68 Å². The Labute approximate surface area is 131 Å². The van der Waals surface area contributed by atoms with Crippen molar-refractivity contribution in [2.24, 2.45) is 0 Å². The highest BCUT2D eigenvalue weighted by molar-refractivity contribution is 5.90. The monoisotopic (exact) mass is 297 g/mol. The molecule has 0 radical (unpaired) electrons. The van der Waals surface area contributed by atoms with E-state index in [-0.39, 0.29) is 12.5 Å². The molecule has 0 bridgehead atoms. The molecule has 0 fully saturated rings.